The number of likely N-dealkylation sites (tertiary alicyclic amines) is 2. The molecule has 7 nitrogen and oxygen atoms in total. The first kappa shape index (κ1) is 16.2. The highest BCUT2D eigenvalue weighted by molar-refractivity contribution is 5.74. The van der Waals surface area contributed by atoms with Gasteiger partial charge in [0.25, 0.3) is 0 Å². The second-order valence-corrected chi connectivity index (χ2v) is 7.03. The largest absolute Gasteiger partial charge is 0.325 e. The third-order valence-corrected chi connectivity index (χ3v) is 4.89. The maximum Gasteiger partial charge on any atom is 0.320 e. The summed E-state index contributed by atoms with van der Waals surface area (Å²) in [6, 6.07) is 0.211. The molecule has 2 saturated heterocycles. The highest BCUT2D eigenvalue weighted by Gasteiger charge is 2.31. The molecule has 2 fully saturated rings. The maximum atomic E-state index is 12.6. The number of urea groups is 1. The molecule has 2 aliphatic rings. The van der Waals surface area contributed by atoms with E-state index < -0.39 is 0 Å². The van der Waals surface area contributed by atoms with E-state index >= 15 is 0 Å². The molecular weight excluding hydrogens is 292 g/mol. The summed E-state index contributed by atoms with van der Waals surface area (Å²) in [7, 11) is 6.10. The van der Waals surface area contributed by atoms with Gasteiger partial charge in [-0.2, -0.15) is 0 Å². The Hall–Kier alpha value is -1.63. The molecule has 3 rings (SSSR count). The Morgan fingerprint density at radius 1 is 1.13 bits per heavy atom. The van der Waals surface area contributed by atoms with Crippen LogP contribution in [0.2, 0.25) is 0 Å². The van der Waals surface area contributed by atoms with Gasteiger partial charge in [-0.05, 0) is 39.8 Å². The van der Waals surface area contributed by atoms with Gasteiger partial charge in [-0.15, -0.1) is 10.2 Å². The molecule has 0 bridgehead atoms. The van der Waals surface area contributed by atoms with Gasteiger partial charge in [-0.25, -0.2) is 4.79 Å². The van der Waals surface area contributed by atoms with Gasteiger partial charge in [0.05, 0.1) is 6.54 Å². The number of piperidine rings is 1. The van der Waals surface area contributed by atoms with Crippen LogP contribution in [-0.4, -0.2) is 75.8 Å². The van der Waals surface area contributed by atoms with Crippen molar-refractivity contribution in [3.05, 3.63) is 11.6 Å². The SMILES string of the molecule is CN(C)Cc1nnc([C@@H]2CCCN(C(=O)N3CCCC3)C2)n1C. The van der Waals surface area contributed by atoms with Gasteiger partial charge in [-0.1, -0.05) is 0 Å². The fourth-order valence-corrected chi connectivity index (χ4v) is 3.62. The number of hydrogen-bond donors (Lipinski definition) is 0. The lowest BCUT2D eigenvalue weighted by Crippen LogP contribution is -2.46. The molecule has 7 heteroatoms. The van der Waals surface area contributed by atoms with Crippen molar-refractivity contribution >= 4 is 6.03 Å². The Labute approximate surface area is 138 Å². The molecule has 1 aromatic heterocycles. The fraction of sp³-hybridized carbons (Fsp3) is 0.812. The zero-order valence-electron chi connectivity index (χ0n) is 14.5. The third-order valence-electron chi connectivity index (χ3n) is 4.89. The van der Waals surface area contributed by atoms with Crippen molar-refractivity contribution in [1.82, 2.24) is 29.5 Å². The minimum Gasteiger partial charge on any atom is -0.325 e. The summed E-state index contributed by atoms with van der Waals surface area (Å²) in [4.78, 5) is 18.7. The molecule has 0 aromatic carbocycles. The van der Waals surface area contributed by atoms with Crippen molar-refractivity contribution in [3.63, 3.8) is 0 Å². The molecule has 23 heavy (non-hydrogen) atoms. The number of carbonyl (C=O) groups excluding carboxylic acids is 1. The molecule has 1 atom stereocenters. The lowest BCUT2D eigenvalue weighted by atomic mass is 9.97. The quantitative estimate of drug-likeness (QED) is 0.842. The van der Waals surface area contributed by atoms with E-state index in [0.29, 0.717) is 5.92 Å². The summed E-state index contributed by atoms with van der Waals surface area (Å²) in [5, 5.41) is 8.75. The Bertz CT molecular complexity index is 549. The summed E-state index contributed by atoms with van der Waals surface area (Å²) < 4.78 is 2.11. The van der Waals surface area contributed by atoms with Crippen LogP contribution in [0.25, 0.3) is 0 Å². The van der Waals surface area contributed by atoms with Crippen LogP contribution in [0.4, 0.5) is 4.79 Å². The number of amides is 2. The minimum absolute atomic E-state index is 0.211. The van der Waals surface area contributed by atoms with E-state index in [1.165, 1.54) is 0 Å². The van der Waals surface area contributed by atoms with Gasteiger partial charge in [0.15, 0.2) is 0 Å². The molecule has 0 N–H and O–H groups in total. The average molecular weight is 320 g/mol. The summed E-state index contributed by atoms with van der Waals surface area (Å²) in [6.07, 6.45) is 4.40. The van der Waals surface area contributed by atoms with Crippen molar-refractivity contribution in [2.45, 2.75) is 38.1 Å². The van der Waals surface area contributed by atoms with E-state index in [4.69, 9.17) is 0 Å². The van der Waals surface area contributed by atoms with Gasteiger partial charge in [0, 0.05) is 39.1 Å². The van der Waals surface area contributed by atoms with Crippen molar-refractivity contribution in [2.75, 3.05) is 40.3 Å². The fourth-order valence-electron chi connectivity index (χ4n) is 3.62. The highest BCUT2D eigenvalue weighted by Crippen LogP contribution is 2.27. The monoisotopic (exact) mass is 320 g/mol. The summed E-state index contributed by atoms with van der Waals surface area (Å²) in [5.41, 5.74) is 0. The van der Waals surface area contributed by atoms with Crippen LogP contribution in [0.3, 0.4) is 0 Å². The molecule has 0 radical (unpaired) electrons. The summed E-state index contributed by atoms with van der Waals surface area (Å²) in [6.45, 7) is 4.25. The zero-order valence-corrected chi connectivity index (χ0v) is 14.5. The highest BCUT2D eigenvalue weighted by atomic mass is 16.2. The van der Waals surface area contributed by atoms with Gasteiger partial charge in [-0.3, -0.25) is 0 Å². The van der Waals surface area contributed by atoms with Crippen molar-refractivity contribution in [2.24, 2.45) is 7.05 Å². The van der Waals surface area contributed by atoms with Crippen LogP contribution in [0.5, 0.6) is 0 Å². The van der Waals surface area contributed by atoms with Gasteiger partial charge in [0.1, 0.15) is 11.6 Å². The van der Waals surface area contributed by atoms with Crippen LogP contribution in [0.15, 0.2) is 0 Å². The maximum absolute atomic E-state index is 12.6. The van der Waals surface area contributed by atoms with Crippen molar-refractivity contribution in [1.29, 1.82) is 0 Å². The van der Waals surface area contributed by atoms with E-state index in [2.05, 4.69) is 19.7 Å². The molecule has 2 aliphatic heterocycles. The number of rotatable bonds is 3. The lowest BCUT2D eigenvalue weighted by molar-refractivity contribution is 0.145. The molecule has 3 heterocycles. The van der Waals surface area contributed by atoms with E-state index in [9.17, 15) is 4.79 Å². The second kappa shape index (κ2) is 6.86. The summed E-state index contributed by atoms with van der Waals surface area (Å²) in [5.74, 6) is 2.29. The zero-order chi connectivity index (χ0) is 16.4. The van der Waals surface area contributed by atoms with Crippen LogP contribution >= 0.6 is 0 Å². The Morgan fingerprint density at radius 3 is 2.52 bits per heavy atom. The van der Waals surface area contributed by atoms with E-state index in [0.717, 1.165) is 70.1 Å². The minimum atomic E-state index is 0.211. The van der Waals surface area contributed by atoms with E-state index in [-0.39, 0.29) is 6.03 Å². The smallest absolute Gasteiger partial charge is 0.320 e. The molecule has 2 amide bonds. The Morgan fingerprint density at radius 2 is 1.83 bits per heavy atom. The predicted molar refractivity (Wildman–Crippen MR) is 88.1 cm³/mol. The number of hydrogen-bond acceptors (Lipinski definition) is 4. The van der Waals surface area contributed by atoms with Crippen molar-refractivity contribution < 1.29 is 4.79 Å². The first-order chi connectivity index (χ1) is 11.1. The summed E-state index contributed by atoms with van der Waals surface area (Å²) >= 11 is 0. The molecule has 0 aliphatic carbocycles. The van der Waals surface area contributed by atoms with Crippen LogP contribution in [0, 0.1) is 0 Å². The predicted octanol–water partition coefficient (Wildman–Crippen LogP) is 1.27. The number of carbonyl (C=O) groups is 1. The molecular formula is C16H28N6O. The molecule has 128 valence electrons. The molecule has 0 saturated carbocycles. The normalized spacial score (nSPS) is 22.2. The number of aromatic nitrogens is 3. The van der Waals surface area contributed by atoms with Gasteiger partial charge >= 0.3 is 6.03 Å². The number of nitrogens with zero attached hydrogens (tertiary/aromatic N) is 6. The topological polar surface area (TPSA) is 57.5 Å². The average Bonchev–Trinajstić information content (AvgIpc) is 3.17. The molecule has 1 aromatic rings. The third kappa shape index (κ3) is 3.49. The first-order valence-corrected chi connectivity index (χ1v) is 8.63. The Kier molecular flexibility index (Phi) is 4.84. The second-order valence-electron chi connectivity index (χ2n) is 7.03. The Balaban J connectivity index is 1.68. The van der Waals surface area contributed by atoms with E-state index in [1.807, 2.05) is 30.9 Å². The van der Waals surface area contributed by atoms with Crippen LogP contribution in [0.1, 0.15) is 43.3 Å². The van der Waals surface area contributed by atoms with Gasteiger partial charge in [0.2, 0.25) is 0 Å². The van der Waals surface area contributed by atoms with Crippen molar-refractivity contribution in [3.8, 4) is 0 Å². The van der Waals surface area contributed by atoms with E-state index in [1.54, 1.807) is 0 Å². The van der Waals surface area contributed by atoms with Crippen LogP contribution < -0.4 is 0 Å². The standard InChI is InChI=1S/C16H28N6O/c1-19(2)12-14-17-18-15(20(14)3)13-7-6-10-22(11-13)16(23)21-8-4-5-9-21/h13H,4-12H2,1-3H3/t13-/m1/s1. The molecule has 0 unspecified atom stereocenters. The van der Waals surface area contributed by atoms with Gasteiger partial charge < -0.3 is 19.3 Å². The molecule has 0 spiro atoms. The first-order valence-electron chi connectivity index (χ1n) is 8.63. The van der Waals surface area contributed by atoms with Crippen LogP contribution in [-0.2, 0) is 13.6 Å². The lowest BCUT2D eigenvalue weighted by Gasteiger charge is -2.34.